The van der Waals surface area contributed by atoms with Gasteiger partial charge in [-0.3, -0.25) is 4.79 Å². The number of hydrogen-bond acceptors (Lipinski definition) is 7. The standard InChI is InChI=1S/C11H17N5O3S2/c1-4-8-7-9(17)16-10(13-8)20-11(14-16)15(2)6-5-12-21(3,18)19/h7,12H,4-6H2,1-3H3. The molecule has 0 amide bonds. The third kappa shape index (κ3) is 3.99. The number of nitrogens with one attached hydrogen (secondary N) is 1. The third-order valence-electron chi connectivity index (χ3n) is 2.79. The van der Waals surface area contributed by atoms with E-state index in [1.807, 2.05) is 6.92 Å². The smallest absolute Gasteiger partial charge is 0.275 e. The molecule has 0 saturated carbocycles. The Morgan fingerprint density at radius 3 is 2.81 bits per heavy atom. The highest BCUT2D eigenvalue weighted by atomic mass is 32.2. The number of likely N-dealkylation sites (N-methyl/N-ethyl adjacent to an activating group) is 1. The number of aromatic nitrogens is 3. The minimum atomic E-state index is -3.20. The minimum absolute atomic E-state index is 0.206. The molecule has 0 atom stereocenters. The molecule has 2 rings (SSSR count). The van der Waals surface area contributed by atoms with Crippen LogP contribution in [0.3, 0.4) is 0 Å². The number of fused-ring (bicyclic) bond motifs is 1. The summed E-state index contributed by atoms with van der Waals surface area (Å²) in [6.07, 6.45) is 1.80. The van der Waals surface area contributed by atoms with E-state index in [1.165, 1.54) is 21.9 Å². The molecule has 0 unspecified atom stereocenters. The largest absolute Gasteiger partial charge is 0.348 e. The second kappa shape index (κ2) is 6.08. The summed E-state index contributed by atoms with van der Waals surface area (Å²) in [7, 11) is -1.42. The molecule has 1 N–H and O–H groups in total. The molecule has 21 heavy (non-hydrogen) atoms. The van der Waals surface area contributed by atoms with Crippen LogP contribution >= 0.6 is 11.3 Å². The molecule has 2 aromatic rings. The molecule has 0 bridgehead atoms. The van der Waals surface area contributed by atoms with Gasteiger partial charge in [0.15, 0.2) is 0 Å². The molecule has 0 fully saturated rings. The van der Waals surface area contributed by atoms with E-state index in [0.717, 1.165) is 11.9 Å². The van der Waals surface area contributed by atoms with Gasteiger partial charge in [0.1, 0.15) is 0 Å². The molecule has 0 aliphatic carbocycles. The molecule has 0 saturated heterocycles. The molecule has 2 heterocycles. The zero-order chi connectivity index (χ0) is 15.6. The van der Waals surface area contributed by atoms with Crippen LogP contribution in [0.25, 0.3) is 4.96 Å². The van der Waals surface area contributed by atoms with E-state index in [2.05, 4.69) is 14.8 Å². The maximum Gasteiger partial charge on any atom is 0.275 e. The number of hydrogen-bond donors (Lipinski definition) is 1. The lowest BCUT2D eigenvalue weighted by molar-refractivity contribution is 0.587. The van der Waals surface area contributed by atoms with Crippen molar-refractivity contribution in [3.8, 4) is 0 Å². The van der Waals surface area contributed by atoms with Crippen LogP contribution in [0.15, 0.2) is 10.9 Å². The van der Waals surface area contributed by atoms with Crippen molar-refractivity contribution in [2.75, 3.05) is 31.3 Å². The van der Waals surface area contributed by atoms with Crippen LogP contribution in [0.5, 0.6) is 0 Å². The lowest BCUT2D eigenvalue weighted by Gasteiger charge is -2.14. The van der Waals surface area contributed by atoms with Crippen molar-refractivity contribution in [2.45, 2.75) is 13.3 Å². The normalized spacial score (nSPS) is 12.0. The molecule has 0 aromatic carbocycles. The van der Waals surface area contributed by atoms with E-state index < -0.39 is 10.0 Å². The van der Waals surface area contributed by atoms with Crippen molar-refractivity contribution in [1.82, 2.24) is 19.3 Å². The highest BCUT2D eigenvalue weighted by molar-refractivity contribution is 7.88. The summed E-state index contributed by atoms with van der Waals surface area (Å²) in [5.74, 6) is 0. The summed E-state index contributed by atoms with van der Waals surface area (Å²) in [6.45, 7) is 2.65. The van der Waals surface area contributed by atoms with Gasteiger partial charge in [0, 0.05) is 31.9 Å². The Morgan fingerprint density at radius 2 is 2.19 bits per heavy atom. The van der Waals surface area contributed by atoms with Crippen molar-refractivity contribution in [3.63, 3.8) is 0 Å². The highest BCUT2D eigenvalue weighted by Gasteiger charge is 2.12. The second-order valence-electron chi connectivity index (χ2n) is 4.61. The summed E-state index contributed by atoms with van der Waals surface area (Å²) in [5, 5.41) is 4.83. The molecule has 116 valence electrons. The topological polar surface area (TPSA) is 96.7 Å². The van der Waals surface area contributed by atoms with Gasteiger partial charge < -0.3 is 4.90 Å². The summed E-state index contributed by atoms with van der Waals surface area (Å²) >= 11 is 1.30. The summed E-state index contributed by atoms with van der Waals surface area (Å²) in [6, 6.07) is 1.47. The highest BCUT2D eigenvalue weighted by Crippen LogP contribution is 2.19. The van der Waals surface area contributed by atoms with Crippen LogP contribution in [0, 0.1) is 0 Å². The number of nitrogens with zero attached hydrogens (tertiary/aromatic N) is 4. The Kier molecular flexibility index (Phi) is 4.59. The van der Waals surface area contributed by atoms with Gasteiger partial charge in [0.25, 0.3) is 5.56 Å². The zero-order valence-electron chi connectivity index (χ0n) is 12.0. The van der Waals surface area contributed by atoms with Crippen molar-refractivity contribution < 1.29 is 8.42 Å². The maximum absolute atomic E-state index is 11.9. The molecule has 0 radical (unpaired) electrons. The summed E-state index contributed by atoms with van der Waals surface area (Å²) in [4.78, 5) is 18.6. The first-order valence-corrected chi connectivity index (χ1v) is 9.06. The predicted octanol–water partition coefficient (Wildman–Crippen LogP) is -0.301. The van der Waals surface area contributed by atoms with Crippen LogP contribution in [0.1, 0.15) is 12.6 Å². The first-order valence-electron chi connectivity index (χ1n) is 6.35. The number of anilines is 1. The summed E-state index contributed by atoms with van der Waals surface area (Å²) in [5.41, 5.74) is 0.526. The van der Waals surface area contributed by atoms with E-state index in [1.54, 1.807) is 11.9 Å². The van der Waals surface area contributed by atoms with Crippen LogP contribution in [-0.2, 0) is 16.4 Å². The van der Waals surface area contributed by atoms with Gasteiger partial charge in [-0.1, -0.05) is 18.3 Å². The third-order valence-corrected chi connectivity index (χ3v) is 4.54. The molecule has 8 nitrogen and oxygen atoms in total. The monoisotopic (exact) mass is 331 g/mol. The van der Waals surface area contributed by atoms with Crippen molar-refractivity contribution >= 4 is 31.5 Å². The lowest BCUT2D eigenvalue weighted by atomic mass is 10.3. The molecule has 0 aliphatic rings. The Bertz CT molecular complexity index is 796. The van der Waals surface area contributed by atoms with Gasteiger partial charge in [0.05, 0.1) is 6.26 Å². The zero-order valence-corrected chi connectivity index (χ0v) is 13.7. The lowest BCUT2D eigenvalue weighted by Crippen LogP contribution is -2.32. The van der Waals surface area contributed by atoms with E-state index in [-0.39, 0.29) is 12.1 Å². The van der Waals surface area contributed by atoms with Crippen molar-refractivity contribution in [1.29, 1.82) is 0 Å². The molecular formula is C11H17N5O3S2. The van der Waals surface area contributed by atoms with Crippen LogP contribution < -0.4 is 15.2 Å². The fourth-order valence-electron chi connectivity index (χ4n) is 1.68. The second-order valence-corrected chi connectivity index (χ2v) is 7.37. The van der Waals surface area contributed by atoms with Gasteiger partial charge in [-0.2, -0.15) is 4.52 Å². The molecule has 2 aromatic heterocycles. The van der Waals surface area contributed by atoms with E-state index in [0.29, 0.717) is 23.1 Å². The van der Waals surface area contributed by atoms with E-state index in [9.17, 15) is 13.2 Å². The fraction of sp³-hybridized carbons (Fsp3) is 0.545. The van der Waals surface area contributed by atoms with Gasteiger partial charge in [0.2, 0.25) is 20.1 Å². The molecule has 0 spiro atoms. The average molecular weight is 331 g/mol. The van der Waals surface area contributed by atoms with Crippen LogP contribution in [-0.4, -0.2) is 49.4 Å². The van der Waals surface area contributed by atoms with E-state index in [4.69, 9.17) is 0 Å². The Morgan fingerprint density at radius 1 is 1.48 bits per heavy atom. The fourth-order valence-corrected chi connectivity index (χ4v) is 3.05. The first kappa shape index (κ1) is 15.9. The predicted molar refractivity (Wildman–Crippen MR) is 82.6 cm³/mol. The SMILES string of the molecule is CCc1cc(=O)n2nc(N(C)CCNS(C)(=O)=O)sc2n1. The van der Waals surface area contributed by atoms with Crippen molar-refractivity contribution in [3.05, 3.63) is 22.1 Å². The maximum atomic E-state index is 11.9. The summed E-state index contributed by atoms with van der Waals surface area (Å²) < 4.78 is 25.7. The quantitative estimate of drug-likeness (QED) is 0.780. The van der Waals surface area contributed by atoms with Crippen LogP contribution in [0.2, 0.25) is 0 Å². The van der Waals surface area contributed by atoms with E-state index >= 15 is 0 Å². The van der Waals surface area contributed by atoms with Crippen LogP contribution in [0.4, 0.5) is 5.13 Å². The minimum Gasteiger partial charge on any atom is -0.348 e. The Hall–Kier alpha value is -1.52. The van der Waals surface area contributed by atoms with Gasteiger partial charge >= 0.3 is 0 Å². The first-order chi connectivity index (χ1) is 9.80. The van der Waals surface area contributed by atoms with Gasteiger partial charge in [-0.25, -0.2) is 18.1 Å². The Labute approximate surface area is 126 Å². The Balaban J connectivity index is 2.18. The molecule has 10 heteroatoms. The average Bonchev–Trinajstić information content (AvgIpc) is 2.81. The number of aryl methyl sites for hydroxylation is 1. The number of rotatable bonds is 6. The number of sulfonamides is 1. The van der Waals surface area contributed by atoms with Crippen molar-refractivity contribution in [2.24, 2.45) is 0 Å². The molecular weight excluding hydrogens is 314 g/mol. The molecule has 0 aliphatic heterocycles. The van der Waals surface area contributed by atoms with Gasteiger partial charge in [-0.15, -0.1) is 5.10 Å². The van der Waals surface area contributed by atoms with Gasteiger partial charge in [-0.05, 0) is 6.42 Å².